The van der Waals surface area contributed by atoms with E-state index >= 15 is 0 Å². The number of carbonyl (C=O) groups excluding carboxylic acids is 1. The molecule has 19 heavy (non-hydrogen) atoms. The van der Waals surface area contributed by atoms with E-state index in [0.717, 1.165) is 37.2 Å². The molecule has 4 nitrogen and oxygen atoms in total. The molecule has 0 atom stereocenters. The third kappa shape index (κ3) is 2.14. The van der Waals surface area contributed by atoms with Gasteiger partial charge in [0.2, 0.25) is 0 Å². The van der Waals surface area contributed by atoms with Crippen molar-refractivity contribution in [3.8, 4) is 0 Å². The van der Waals surface area contributed by atoms with Crippen LogP contribution in [0.5, 0.6) is 0 Å². The molecule has 1 aromatic heterocycles. The number of H-pyrrole nitrogens is 1. The van der Waals surface area contributed by atoms with Crippen LogP contribution in [0.3, 0.4) is 0 Å². The predicted octanol–water partition coefficient (Wildman–Crippen LogP) is 2.70. The predicted molar refractivity (Wildman–Crippen MR) is 74.4 cm³/mol. The number of anilines is 1. The monoisotopic (exact) mass is 255 g/mol. The number of nitrogens with zero attached hydrogens (tertiary/aromatic N) is 2. The Morgan fingerprint density at radius 1 is 1.32 bits per heavy atom. The van der Waals surface area contributed by atoms with Crippen LogP contribution < -0.4 is 4.90 Å². The molecule has 0 fully saturated rings. The Kier molecular flexibility index (Phi) is 3.07. The smallest absolute Gasteiger partial charge is 0.261 e. The van der Waals surface area contributed by atoms with E-state index in [9.17, 15) is 4.79 Å². The third-order valence-corrected chi connectivity index (χ3v) is 3.67. The van der Waals surface area contributed by atoms with Gasteiger partial charge in [-0.1, -0.05) is 18.2 Å². The van der Waals surface area contributed by atoms with Gasteiger partial charge in [-0.2, -0.15) is 5.10 Å². The molecule has 0 spiro atoms. The van der Waals surface area contributed by atoms with Crippen molar-refractivity contribution < 1.29 is 4.79 Å². The van der Waals surface area contributed by atoms with E-state index < -0.39 is 0 Å². The van der Waals surface area contributed by atoms with Gasteiger partial charge >= 0.3 is 0 Å². The fourth-order valence-electron chi connectivity index (χ4n) is 2.61. The van der Waals surface area contributed by atoms with Gasteiger partial charge in [0.1, 0.15) is 0 Å². The Morgan fingerprint density at radius 2 is 2.16 bits per heavy atom. The number of nitrogens with one attached hydrogen (secondary N) is 1. The van der Waals surface area contributed by atoms with Crippen LogP contribution in [0.1, 0.15) is 34.5 Å². The highest BCUT2D eigenvalue weighted by molar-refractivity contribution is 6.07. The Labute approximate surface area is 112 Å². The molecule has 0 radical (unpaired) electrons. The number of rotatable bonds is 1. The number of fused-ring (bicyclic) bond motifs is 1. The van der Waals surface area contributed by atoms with E-state index in [2.05, 4.69) is 16.3 Å². The van der Waals surface area contributed by atoms with Crippen LogP contribution in [0, 0.1) is 6.92 Å². The molecule has 0 aliphatic carbocycles. The van der Waals surface area contributed by atoms with Gasteiger partial charge in [0.05, 0.1) is 11.8 Å². The van der Waals surface area contributed by atoms with Crippen LogP contribution >= 0.6 is 0 Å². The van der Waals surface area contributed by atoms with Crippen molar-refractivity contribution in [1.29, 1.82) is 0 Å². The summed E-state index contributed by atoms with van der Waals surface area (Å²) in [7, 11) is 0. The van der Waals surface area contributed by atoms with Gasteiger partial charge in [0.25, 0.3) is 5.91 Å². The van der Waals surface area contributed by atoms with Gasteiger partial charge in [0.15, 0.2) is 0 Å². The summed E-state index contributed by atoms with van der Waals surface area (Å²) >= 11 is 0. The molecule has 1 aromatic carbocycles. The summed E-state index contributed by atoms with van der Waals surface area (Å²) in [5.74, 6) is 0.0422. The number of aromatic nitrogens is 2. The van der Waals surface area contributed by atoms with Crippen molar-refractivity contribution in [2.24, 2.45) is 0 Å². The maximum atomic E-state index is 12.7. The molecule has 1 amide bonds. The highest BCUT2D eigenvalue weighted by Crippen LogP contribution is 2.27. The van der Waals surface area contributed by atoms with Crippen molar-refractivity contribution in [1.82, 2.24) is 10.2 Å². The Bertz CT molecular complexity index is 603. The lowest BCUT2D eigenvalue weighted by molar-refractivity contribution is 0.0986. The Hall–Kier alpha value is -2.10. The zero-order valence-electron chi connectivity index (χ0n) is 11.0. The SMILES string of the molecule is Cc1[nH]ncc1C(=O)N1CCCCc2ccccc21. The third-order valence-electron chi connectivity index (χ3n) is 3.67. The van der Waals surface area contributed by atoms with Gasteiger partial charge in [-0.05, 0) is 37.8 Å². The summed E-state index contributed by atoms with van der Waals surface area (Å²) in [5, 5.41) is 6.78. The molecule has 2 aromatic rings. The minimum Gasteiger partial charge on any atom is -0.308 e. The van der Waals surface area contributed by atoms with Gasteiger partial charge in [0, 0.05) is 17.9 Å². The van der Waals surface area contributed by atoms with Crippen molar-refractivity contribution in [2.45, 2.75) is 26.2 Å². The van der Waals surface area contributed by atoms with Crippen LogP contribution in [0.2, 0.25) is 0 Å². The first-order chi connectivity index (χ1) is 9.27. The summed E-state index contributed by atoms with van der Waals surface area (Å²) in [5.41, 5.74) is 3.79. The molecule has 1 aliphatic rings. The summed E-state index contributed by atoms with van der Waals surface area (Å²) in [6.45, 7) is 2.66. The number of hydrogen-bond acceptors (Lipinski definition) is 2. The molecule has 4 heteroatoms. The maximum Gasteiger partial charge on any atom is 0.261 e. The molecular formula is C15H17N3O. The largest absolute Gasteiger partial charge is 0.308 e. The van der Waals surface area contributed by atoms with Crippen molar-refractivity contribution in [2.75, 3.05) is 11.4 Å². The van der Waals surface area contributed by atoms with E-state index in [1.807, 2.05) is 30.0 Å². The normalized spacial score (nSPS) is 14.9. The minimum absolute atomic E-state index is 0.0422. The van der Waals surface area contributed by atoms with E-state index in [0.29, 0.717) is 5.56 Å². The van der Waals surface area contributed by atoms with E-state index in [4.69, 9.17) is 0 Å². The zero-order valence-corrected chi connectivity index (χ0v) is 11.0. The van der Waals surface area contributed by atoms with Crippen molar-refractivity contribution in [3.05, 3.63) is 47.3 Å². The van der Waals surface area contributed by atoms with E-state index in [-0.39, 0.29) is 5.91 Å². The number of aryl methyl sites for hydroxylation is 2. The molecule has 98 valence electrons. The van der Waals surface area contributed by atoms with Crippen molar-refractivity contribution >= 4 is 11.6 Å². The number of benzene rings is 1. The second-order valence-corrected chi connectivity index (χ2v) is 4.95. The highest BCUT2D eigenvalue weighted by Gasteiger charge is 2.23. The molecule has 0 bridgehead atoms. The van der Waals surface area contributed by atoms with Crippen LogP contribution in [0.25, 0.3) is 0 Å². The topological polar surface area (TPSA) is 49.0 Å². The fourth-order valence-corrected chi connectivity index (χ4v) is 2.61. The zero-order chi connectivity index (χ0) is 13.2. The number of hydrogen-bond donors (Lipinski definition) is 1. The molecule has 0 saturated carbocycles. The van der Waals surface area contributed by atoms with Crippen LogP contribution in [-0.4, -0.2) is 22.6 Å². The lowest BCUT2D eigenvalue weighted by atomic mass is 10.1. The first-order valence-electron chi connectivity index (χ1n) is 6.67. The highest BCUT2D eigenvalue weighted by atomic mass is 16.2. The molecule has 2 heterocycles. The lowest BCUT2D eigenvalue weighted by Crippen LogP contribution is -2.31. The Morgan fingerprint density at radius 3 is 2.95 bits per heavy atom. The molecule has 1 N–H and O–H groups in total. The molecule has 1 aliphatic heterocycles. The maximum absolute atomic E-state index is 12.7. The average Bonchev–Trinajstić information content (AvgIpc) is 2.74. The number of aromatic amines is 1. The van der Waals surface area contributed by atoms with Gasteiger partial charge < -0.3 is 4.90 Å². The van der Waals surface area contributed by atoms with Gasteiger partial charge in [-0.15, -0.1) is 0 Å². The van der Waals surface area contributed by atoms with Gasteiger partial charge in [-0.3, -0.25) is 9.89 Å². The first-order valence-corrected chi connectivity index (χ1v) is 6.67. The lowest BCUT2D eigenvalue weighted by Gasteiger charge is -2.22. The quantitative estimate of drug-likeness (QED) is 0.851. The molecule has 0 unspecified atom stereocenters. The van der Waals surface area contributed by atoms with E-state index in [1.54, 1.807) is 6.20 Å². The van der Waals surface area contributed by atoms with Gasteiger partial charge in [-0.25, -0.2) is 0 Å². The fraction of sp³-hybridized carbons (Fsp3) is 0.333. The average molecular weight is 255 g/mol. The van der Waals surface area contributed by atoms with Crippen molar-refractivity contribution in [3.63, 3.8) is 0 Å². The second kappa shape index (κ2) is 4.88. The van der Waals surface area contributed by atoms with Crippen LogP contribution in [0.15, 0.2) is 30.5 Å². The number of amides is 1. The molecule has 3 rings (SSSR count). The molecular weight excluding hydrogens is 238 g/mol. The Balaban J connectivity index is 2.01. The summed E-state index contributed by atoms with van der Waals surface area (Å²) in [6, 6.07) is 8.18. The van der Waals surface area contributed by atoms with E-state index in [1.165, 1.54) is 5.56 Å². The summed E-state index contributed by atoms with van der Waals surface area (Å²) < 4.78 is 0. The van der Waals surface area contributed by atoms with Crippen LogP contribution in [-0.2, 0) is 6.42 Å². The molecule has 0 saturated heterocycles. The first kappa shape index (κ1) is 12.0. The minimum atomic E-state index is 0.0422. The number of carbonyl (C=O) groups is 1. The van der Waals surface area contributed by atoms with Crippen LogP contribution in [0.4, 0.5) is 5.69 Å². The summed E-state index contributed by atoms with van der Waals surface area (Å²) in [6.07, 6.45) is 4.83. The summed E-state index contributed by atoms with van der Waals surface area (Å²) in [4.78, 5) is 14.6. The standard InChI is InChI=1S/C15H17N3O/c1-11-13(10-16-17-11)15(19)18-9-5-4-7-12-6-2-3-8-14(12)18/h2-3,6,8,10H,4-5,7,9H2,1H3,(H,16,17). The number of para-hydroxylation sites is 1. The second-order valence-electron chi connectivity index (χ2n) is 4.95.